The zero-order valence-corrected chi connectivity index (χ0v) is 8.17. The SMILES string of the molecule is COC(=O)Nc1ccccc1C(=O)Cl. The van der Waals surface area contributed by atoms with Crippen molar-refractivity contribution in [3.05, 3.63) is 29.8 Å². The Balaban J connectivity index is 2.95. The number of para-hydroxylation sites is 1. The van der Waals surface area contributed by atoms with Gasteiger partial charge in [-0.05, 0) is 23.7 Å². The molecular formula is C9H8ClNO3. The average Bonchev–Trinajstić information content (AvgIpc) is 2.18. The Bertz CT molecular complexity index is 365. The number of benzene rings is 1. The quantitative estimate of drug-likeness (QED) is 0.767. The zero-order chi connectivity index (χ0) is 10.6. The first-order valence-corrected chi connectivity index (χ1v) is 4.16. The minimum absolute atomic E-state index is 0.236. The van der Waals surface area contributed by atoms with E-state index in [0.717, 1.165) is 0 Å². The predicted octanol–water partition coefficient (Wildman–Crippen LogP) is 2.24. The summed E-state index contributed by atoms with van der Waals surface area (Å²) in [5.41, 5.74) is 0.568. The molecule has 74 valence electrons. The van der Waals surface area contributed by atoms with Gasteiger partial charge in [-0.25, -0.2) is 4.79 Å². The van der Waals surface area contributed by atoms with Crippen LogP contribution in [-0.2, 0) is 4.74 Å². The number of hydrogen-bond acceptors (Lipinski definition) is 3. The fourth-order valence-corrected chi connectivity index (χ4v) is 1.09. The molecule has 1 amide bonds. The lowest BCUT2D eigenvalue weighted by molar-refractivity contribution is 0.108. The summed E-state index contributed by atoms with van der Waals surface area (Å²) < 4.78 is 4.38. The third kappa shape index (κ3) is 2.47. The topological polar surface area (TPSA) is 55.4 Å². The van der Waals surface area contributed by atoms with Crippen molar-refractivity contribution in [1.29, 1.82) is 0 Å². The van der Waals surface area contributed by atoms with Crippen LogP contribution in [0.1, 0.15) is 10.4 Å². The predicted molar refractivity (Wildman–Crippen MR) is 52.7 cm³/mol. The number of ether oxygens (including phenoxy) is 1. The summed E-state index contributed by atoms with van der Waals surface area (Å²) in [5.74, 6) is 0. The molecule has 0 aliphatic rings. The monoisotopic (exact) mass is 213 g/mol. The molecule has 0 unspecified atom stereocenters. The van der Waals surface area contributed by atoms with E-state index < -0.39 is 11.3 Å². The molecule has 0 radical (unpaired) electrons. The summed E-state index contributed by atoms with van der Waals surface area (Å²) in [6.07, 6.45) is -0.643. The summed E-state index contributed by atoms with van der Waals surface area (Å²) in [5, 5.41) is 1.75. The number of carbonyl (C=O) groups excluding carboxylic acids is 2. The summed E-state index contributed by atoms with van der Waals surface area (Å²) in [4.78, 5) is 21.8. The Morgan fingerprint density at radius 2 is 2.00 bits per heavy atom. The van der Waals surface area contributed by atoms with Crippen LogP contribution in [0.4, 0.5) is 10.5 Å². The second-order valence-electron chi connectivity index (χ2n) is 2.44. The second-order valence-corrected chi connectivity index (χ2v) is 2.78. The minimum atomic E-state index is -0.643. The molecule has 0 saturated carbocycles. The molecule has 1 aromatic rings. The molecule has 14 heavy (non-hydrogen) atoms. The lowest BCUT2D eigenvalue weighted by atomic mass is 10.2. The number of nitrogens with one attached hydrogen (secondary N) is 1. The van der Waals surface area contributed by atoms with Crippen molar-refractivity contribution >= 4 is 28.6 Å². The smallest absolute Gasteiger partial charge is 0.411 e. The van der Waals surface area contributed by atoms with Crippen LogP contribution in [0.15, 0.2) is 24.3 Å². The van der Waals surface area contributed by atoms with Crippen molar-refractivity contribution in [3.63, 3.8) is 0 Å². The highest BCUT2D eigenvalue weighted by molar-refractivity contribution is 6.68. The van der Waals surface area contributed by atoms with Crippen molar-refractivity contribution in [2.45, 2.75) is 0 Å². The molecule has 1 N–H and O–H groups in total. The van der Waals surface area contributed by atoms with Gasteiger partial charge < -0.3 is 4.74 Å². The van der Waals surface area contributed by atoms with Gasteiger partial charge in [0, 0.05) is 0 Å². The van der Waals surface area contributed by atoms with E-state index >= 15 is 0 Å². The molecule has 0 atom stereocenters. The highest BCUT2D eigenvalue weighted by Crippen LogP contribution is 2.17. The molecule has 1 rings (SSSR count). The Morgan fingerprint density at radius 1 is 1.36 bits per heavy atom. The Labute approximate surface area is 85.8 Å². The van der Waals surface area contributed by atoms with Crippen LogP contribution in [0.3, 0.4) is 0 Å². The molecule has 0 heterocycles. The van der Waals surface area contributed by atoms with Gasteiger partial charge in [-0.3, -0.25) is 10.1 Å². The summed E-state index contributed by atoms with van der Waals surface area (Å²) in [6.45, 7) is 0. The number of hydrogen-bond donors (Lipinski definition) is 1. The lowest BCUT2D eigenvalue weighted by Crippen LogP contribution is -2.13. The van der Waals surface area contributed by atoms with E-state index in [1.165, 1.54) is 13.2 Å². The molecule has 0 aromatic heterocycles. The maximum Gasteiger partial charge on any atom is 0.411 e. The van der Waals surface area contributed by atoms with E-state index in [9.17, 15) is 9.59 Å². The largest absolute Gasteiger partial charge is 0.453 e. The van der Waals surface area contributed by atoms with Gasteiger partial charge in [-0.1, -0.05) is 12.1 Å². The van der Waals surface area contributed by atoms with Gasteiger partial charge in [0.1, 0.15) is 0 Å². The van der Waals surface area contributed by atoms with E-state index in [-0.39, 0.29) is 5.56 Å². The fourth-order valence-electron chi connectivity index (χ4n) is 0.925. The van der Waals surface area contributed by atoms with Gasteiger partial charge in [-0.2, -0.15) is 0 Å². The molecule has 0 aliphatic carbocycles. The molecule has 0 saturated heterocycles. The first-order chi connectivity index (χ1) is 6.65. The Kier molecular flexibility index (Phi) is 3.48. The maximum absolute atomic E-state index is 10.9. The van der Waals surface area contributed by atoms with Crippen LogP contribution in [-0.4, -0.2) is 18.4 Å². The molecule has 0 aliphatic heterocycles. The van der Waals surface area contributed by atoms with E-state index in [1.807, 2.05) is 0 Å². The van der Waals surface area contributed by atoms with E-state index in [0.29, 0.717) is 5.69 Å². The summed E-state index contributed by atoms with van der Waals surface area (Å²) in [7, 11) is 1.24. The molecule has 0 bridgehead atoms. The zero-order valence-electron chi connectivity index (χ0n) is 7.41. The van der Waals surface area contributed by atoms with Crippen LogP contribution in [0.2, 0.25) is 0 Å². The van der Waals surface area contributed by atoms with Gasteiger partial charge in [-0.15, -0.1) is 0 Å². The van der Waals surface area contributed by atoms with E-state index in [1.54, 1.807) is 18.2 Å². The van der Waals surface area contributed by atoms with Gasteiger partial charge in [0.05, 0.1) is 18.4 Å². The number of amides is 1. The third-order valence-electron chi connectivity index (χ3n) is 1.56. The van der Waals surface area contributed by atoms with E-state index in [2.05, 4.69) is 10.1 Å². The first kappa shape index (κ1) is 10.5. The number of methoxy groups -OCH3 is 1. The Morgan fingerprint density at radius 3 is 2.57 bits per heavy atom. The molecule has 5 heteroatoms. The van der Waals surface area contributed by atoms with Crippen LogP contribution in [0.25, 0.3) is 0 Å². The minimum Gasteiger partial charge on any atom is -0.453 e. The van der Waals surface area contributed by atoms with Crippen molar-refractivity contribution in [3.8, 4) is 0 Å². The third-order valence-corrected chi connectivity index (χ3v) is 1.76. The average molecular weight is 214 g/mol. The summed E-state index contributed by atoms with van der Waals surface area (Å²) >= 11 is 5.30. The number of halogens is 1. The molecule has 0 fully saturated rings. The molecule has 1 aromatic carbocycles. The Hall–Kier alpha value is -1.55. The highest BCUT2D eigenvalue weighted by Gasteiger charge is 2.10. The van der Waals surface area contributed by atoms with Crippen LogP contribution in [0.5, 0.6) is 0 Å². The number of rotatable bonds is 2. The van der Waals surface area contributed by atoms with Crippen molar-refractivity contribution in [2.75, 3.05) is 12.4 Å². The molecule has 4 nitrogen and oxygen atoms in total. The molecule has 0 spiro atoms. The van der Waals surface area contributed by atoms with Crippen LogP contribution < -0.4 is 5.32 Å². The lowest BCUT2D eigenvalue weighted by Gasteiger charge is -2.06. The fraction of sp³-hybridized carbons (Fsp3) is 0.111. The maximum atomic E-state index is 10.9. The molecular weight excluding hydrogens is 206 g/mol. The van der Waals surface area contributed by atoms with Crippen molar-refractivity contribution in [1.82, 2.24) is 0 Å². The van der Waals surface area contributed by atoms with Crippen molar-refractivity contribution in [2.24, 2.45) is 0 Å². The van der Waals surface area contributed by atoms with Crippen molar-refractivity contribution < 1.29 is 14.3 Å². The van der Waals surface area contributed by atoms with E-state index in [4.69, 9.17) is 11.6 Å². The standard InChI is InChI=1S/C9H8ClNO3/c1-14-9(13)11-7-5-3-2-4-6(7)8(10)12/h2-5H,1H3,(H,11,13). The number of carbonyl (C=O) groups is 2. The number of anilines is 1. The van der Waals surface area contributed by atoms with Gasteiger partial charge >= 0.3 is 6.09 Å². The van der Waals surface area contributed by atoms with Gasteiger partial charge in [0.25, 0.3) is 5.24 Å². The second kappa shape index (κ2) is 4.62. The van der Waals surface area contributed by atoms with Crippen LogP contribution in [0, 0.1) is 0 Å². The van der Waals surface area contributed by atoms with Gasteiger partial charge in [0.2, 0.25) is 0 Å². The highest BCUT2D eigenvalue weighted by atomic mass is 35.5. The van der Waals surface area contributed by atoms with Crippen LogP contribution >= 0.6 is 11.6 Å². The van der Waals surface area contributed by atoms with Gasteiger partial charge in [0.15, 0.2) is 0 Å². The first-order valence-electron chi connectivity index (χ1n) is 3.79. The normalized spacial score (nSPS) is 9.29. The summed E-state index contributed by atoms with van der Waals surface area (Å²) in [6, 6.07) is 6.40.